The summed E-state index contributed by atoms with van der Waals surface area (Å²) in [4.78, 5) is 23.1. The molecule has 1 saturated carbocycles. The Morgan fingerprint density at radius 3 is 2.65 bits per heavy atom. The van der Waals surface area contributed by atoms with Crippen molar-refractivity contribution >= 4 is 34.7 Å². The zero-order chi connectivity index (χ0) is 17.9. The van der Waals surface area contributed by atoms with Crippen molar-refractivity contribution in [2.75, 3.05) is 16.8 Å². The Morgan fingerprint density at radius 1 is 1.15 bits per heavy atom. The van der Waals surface area contributed by atoms with E-state index in [0.717, 1.165) is 42.0 Å². The molecule has 2 heterocycles. The van der Waals surface area contributed by atoms with Crippen LogP contribution in [-0.4, -0.2) is 24.5 Å². The van der Waals surface area contributed by atoms with Crippen LogP contribution in [0, 0.1) is 5.92 Å². The van der Waals surface area contributed by atoms with E-state index in [1.807, 2.05) is 55.6 Å². The van der Waals surface area contributed by atoms with Crippen LogP contribution in [0.2, 0.25) is 5.02 Å². The standard InChI is InChI=1S/C20H18ClN3O2/c1-23-16-6-2-3-7-17(16)24-18(13-8-10-14(21)11-9-13)22-26-20(24)12-4-5-15(20)19(23)25/h2-3,6-11,15H,4-5,12H2,1H3/t15-,20-/m1/s1. The number of anilines is 2. The van der Waals surface area contributed by atoms with Gasteiger partial charge in [0.2, 0.25) is 11.6 Å². The highest BCUT2D eigenvalue weighted by Crippen LogP contribution is 2.52. The normalized spacial score (nSPS) is 26.6. The predicted molar refractivity (Wildman–Crippen MR) is 101 cm³/mol. The van der Waals surface area contributed by atoms with Crippen LogP contribution >= 0.6 is 11.6 Å². The van der Waals surface area contributed by atoms with Gasteiger partial charge in [0.15, 0.2) is 5.84 Å². The van der Waals surface area contributed by atoms with E-state index in [4.69, 9.17) is 16.4 Å². The molecular formula is C20H18ClN3O2. The van der Waals surface area contributed by atoms with Crippen molar-refractivity contribution in [2.24, 2.45) is 11.1 Å². The van der Waals surface area contributed by atoms with E-state index in [1.54, 1.807) is 4.90 Å². The molecule has 5 nitrogen and oxygen atoms in total. The topological polar surface area (TPSA) is 45.1 Å². The summed E-state index contributed by atoms with van der Waals surface area (Å²) in [5.41, 5.74) is 1.99. The Morgan fingerprint density at radius 2 is 1.88 bits per heavy atom. The van der Waals surface area contributed by atoms with Crippen molar-refractivity contribution in [1.82, 2.24) is 0 Å². The number of benzene rings is 2. The number of amides is 1. The minimum Gasteiger partial charge on any atom is -0.364 e. The molecule has 5 rings (SSSR count). The minimum atomic E-state index is -0.743. The van der Waals surface area contributed by atoms with Gasteiger partial charge in [-0.15, -0.1) is 0 Å². The number of oxime groups is 1. The number of nitrogens with zero attached hydrogens (tertiary/aromatic N) is 3. The summed E-state index contributed by atoms with van der Waals surface area (Å²) in [6.45, 7) is 0. The molecule has 2 aromatic rings. The molecular weight excluding hydrogens is 350 g/mol. The number of carbonyl (C=O) groups excluding carboxylic acids is 1. The summed E-state index contributed by atoms with van der Waals surface area (Å²) < 4.78 is 0. The third-order valence-electron chi connectivity index (χ3n) is 5.67. The van der Waals surface area contributed by atoms with Crippen LogP contribution in [0.15, 0.2) is 53.7 Å². The SMILES string of the molecule is CN1C(=O)[C@H]2CCC[C@@]23ON=C(c2ccc(Cl)cc2)N3c2ccccc21. The van der Waals surface area contributed by atoms with E-state index in [9.17, 15) is 4.79 Å². The van der Waals surface area contributed by atoms with Crippen molar-refractivity contribution in [3.8, 4) is 0 Å². The van der Waals surface area contributed by atoms with Gasteiger partial charge in [0.1, 0.15) is 5.92 Å². The van der Waals surface area contributed by atoms with E-state index in [0.29, 0.717) is 5.02 Å². The summed E-state index contributed by atoms with van der Waals surface area (Å²) in [7, 11) is 1.84. The van der Waals surface area contributed by atoms with Crippen LogP contribution in [0.25, 0.3) is 0 Å². The molecule has 132 valence electrons. The Labute approximate surface area is 156 Å². The molecule has 6 heteroatoms. The summed E-state index contributed by atoms with van der Waals surface area (Å²) in [5, 5.41) is 5.12. The molecule has 1 spiro atoms. The van der Waals surface area contributed by atoms with Crippen molar-refractivity contribution < 1.29 is 9.63 Å². The van der Waals surface area contributed by atoms with Gasteiger partial charge in [-0.05, 0) is 49.2 Å². The number of para-hydroxylation sites is 2. The smallest absolute Gasteiger partial charge is 0.236 e. The van der Waals surface area contributed by atoms with Gasteiger partial charge in [0.05, 0.1) is 11.4 Å². The molecule has 2 aliphatic heterocycles. The lowest BCUT2D eigenvalue weighted by molar-refractivity contribution is -0.131. The van der Waals surface area contributed by atoms with E-state index in [-0.39, 0.29) is 11.8 Å². The van der Waals surface area contributed by atoms with Gasteiger partial charge in [-0.2, -0.15) is 0 Å². The van der Waals surface area contributed by atoms with E-state index in [2.05, 4.69) is 10.1 Å². The average Bonchev–Trinajstić information content (AvgIpc) is 3.24. The van der Waals surface area contributed by atoms with Crippen LogP contribution in [0.4, 0.5) is 11.4 Å². The minimum absolute atomic E-state index is 0.0880. The fourth-order valence-electron chi connectivity index (χ4n) is 4.42. The predicted octanol–water partition coefficient (Wildman–Crippen LogP) is 4.01. The molecule has 0 unspecified atom stereocenters. The molecule has 1 fully saturated rings. The van der Waals surface area contributed by atoms with Crippen molar-refractivity contribution in [1.29, 1.82) is 0 Å². The maximum Gasteiger partial charge on any atom is 0.236 e. The molecule has 0 aromatic heterocycles. The van der Waals surface area contributed by atoms with Gasteiger partial charge < -0.3 is 9.74 Å². The molecule has 3 aliphatic rings. The average molecular weight is 368 g/mol. The van der Waals surface area contributed by atoms with E-state index in [1.165, 1.54) is 0 Å². The van der Waals surface area contributed by atoms with Crippen LogP contribution in [0.3, 0.4) is 0 Å². The number of amidine groups is 1. The Kier molecular flexibility index (Phi) is 3.31. The van der Waals surface area contributed by atoms with Crippen LogP contribution < -0.4 is 9.80 Å². The number of hydrogen-bond donors (Lipinski definition) is 0. The lowest BCUT2D eigenvalue weighted by Gasteiger charge is -2.36. The summed E-state index contributed by atoms with van der Waals surface area (Å²) in [6, 6.07) is 15.5. The molecule has 0 saturated heterocycles. The molecule has 2 atom stereocenters. The number of carbonyl (C=O) groups is 1. The maximum absolute atomic E-state index is 13.2. The van der Waals surface area contributed by atoms with Gasteiger partial charge in [0, 0.05) is 24.1 Å². The second-order valence-electron chi connectivity index (χ2n) is 7.02. The number of fused-ring (bicyclic) bond motifs is 2. The fraction of sp³-hybridized carbons (Fsp3) is 0.300. The summed E-state index contributed by atoms with van der Waals surface area (Å²) in [5.74, 6) is 0.572. The lowest BCUT2D eigenvalue weighted by atomic mass is 9.96. The van der Waals surface area contributed by atoms with Crippen molar-refractivity contribution in [2.45, 2.75) is 25.0 Å². The zero-order valence-corrected chi connectivity index (χ0v) is 15.1. The third-order valence-corrected chi connectivity index (χ3v) is 5.92. The van der Waals surface area contributed by atoms with Gasteiger partial charge in [-0.1, -0.05) is 28.9 Å². The van der Waals surface area contributed by atoms with Gasteiger partial charge in [-0.25, -0.2) is 0 Å². The highest BCUT2D eigenvalue weighted by Gasteiger charge is 2.60. The highest BCUT2D eigenvalue weighted by molar-refractivity contribution is 6.30. The first-order valence-electron chi connectivity index (χ1n) is 8.81. The first-order chi connectivity index (χ1) is 12.6. The van der Waals surface area contributed by atoms with E-state index < -0.39 is 5.72 Å². The van der Waals surface area contributed by atoms with Crippen LogP contribution in [0.1, 0.15) is 24.8 Å². The quantitative estimate of drug-likeness (QED) is 0.765. The second kappa shape index (κ2) is 5.48. The van der Waals surface area contributed by atoms with Gasteiger partial charge in [0.25, 0.3) is 0 Å². The molecule has 0 bridgehead atoms. The molecule has 1 aliphatic carbocycles. The molecule has 0 radical (unpaired) electrons. The molecule has 2 aromatic carbocycles. The third kappa shape index (κ3) is 1.98. The van der Waals surface area contributed by atoms with Crippen molar-refractivity contribution in [3.05, 3.63) is 59.1 Å². The number of halogens is 1. The van der Waals surface area contributed by atoms with Gasteiger partial charge >= 0.3 is 0 Å². The highest BCUT2D eigenvalue weighted by atomic mass is 35.5. The fourth-order valence-corrected chi connectivity index (χ4v) is 4.55. The molecule has 26 heavy (non-hydrogen) atoms. The second-order valence-corrected chi connectivity index (χ2v) is 7.46. The van der Waals surface area contributed by atoms with E-state index >= 15 is 0 Å². The monoisotopic (exact) mass is 367 g/mol. The largest absolute Gasteiger partial charge is 0.364 e. The van der Waals surface area contributed by atoms with Gasteiger partial charge in [-0.3, -0.25) is 9.69 Å². The number of rotatable bonds is 1. The zero-order valence-electron chi connectivity index (χ0n) is 14.4. The molecule has 1 amide bonds. The van der Waals surface area contributed by atoms with Crippen molar-refractivity contribution in [3.63, 3.8) is 0 Å². The first-order valence-corrected chi connectivity index (χ1v) is 9.18. The summed E-state index contributed by atoms with van der Waals surface area (Å²) in [6.07, 6.45) is 2.51. The molecule has 0 N–H and O–H groups in total. The van der Waals surface area contributed by atoms with Crippen LogP contribution in [-0.2, 0) is 9.63 Å². The first kappa shape index (κ1) is 15.7. The summed E-state index contributed by atoms with van der Waals surface area (Å²) >= 11 is 6.05. The Balaban J connectivity index is 1.73. The lowest BCUT2D eigenvalue weighted by Crippen LogP contribution is -2.53. The Bertz CT molecular complexity index is 927. The van der Waals surface area contributed by atoms with Crippen LogP contribution in [0.5, 0.6) is 0 Å². The Hall–Kier alpha value is -2.53. The maximum atomic E-state index is 13.2. The number of hydrogen-bond acceptors (Lipinski definition) is 4.